The van der Waals surface area contributed by atoms with E-state index in [4.69, 9.17) is 0 Å². The van der Waals surface area contributed by atoms with Crippen molar-refractivity contribution < 1.29 is 22.7 Å². The van der Waals surface area contributed by atoms with Gasteiger partial charge in [-0.05, 0) is 0 Å². The maximum Gasteiger partial charge on any atom is 0.407 e. The SMILES string of the molecule is COC(=O)c1cnc(C(Br)C(F)(F)F)s1. The largest absolute Gasteiger partial charge is 0.465 e. The smallest absolute Gasteiger partial charge is 0.407 e. The highest BCUT2D eigenvalue weighted by Crippen LogP contribution is 2.41. The minimum atomic E-state index is -4.43. The second-order valence-corrected chi connectivity index (χ2v) is 4.44. The molecule has 84 valence electrons. The summed E-state index contributed by atoms with van der Waals surface area (Å²) in [5, 5.41) is -0.220. The van der Waals surface area contributed by atoms with Crippen molar-refractivity contribution in [2.75, 3.05) is 7.11 Å². The molecule has 0 aliphatic heterocycles. The van der Waals surface area contributed by atoms with Crippen LogP contribution in [0.2, 0.25) is 0 Å². The van der Waals surface area contributed by atoms with E-state index in [1.165, 1.54) is 0 Å². The van der Waals surface area contributed by atoms with Crippen LogP contribution in [0.15, 0.2) is 6.20 Å². The molecule has 0 N–H and O–H groups in total. The molecule has 8 heteroatoms. The number of hydrogen-bond donors (Lipinski definition) is 0. The maximum absolute atomic E-state index is 12.2. The maximum atomic E-state index is 12.2. The molecule has 1 aromatic heterocycles. The third kappa shape index (κ3) is 2.91. The Morgan fingerprint density at radius 2 is 2.27 bits per heavy atom. The average molecular weight is 304 g/mol. The lowest BCUT2D eigenvalue weighted by atomic mass is 10.4. The van der Waals surface area contributed by atoms with Crippen LogP contribution in [0.4, 0.5) is 13.2 Å². The van der Waals surface area contributed by atoms with Crippen molar-refractivity contribution in [1.29, 1.82) is 0 Å². The number of alkyl halides is 4. The zero-order valence-corrected chi connectivity index (χ0v) is 9.74. The van der Waals surface area contributed by atoms with Crippen molar-refractivity contribution in [3.05, 3.63) is 16.1 Å². The van der Waals surface area contributed by atoms with E-state index in [0.717, 1.165) is 13.3 Å². The van der Waals surface area contributed by atoms with E-state index in [-0.39, 0.29) is 9.88 Å². The molecule has 15 heavy (non-hydrogen) atoms. The Morgan fingerprint density at radius 3 is 2.73 bits per heavy atom. The molecule has 3 nitrogen and oxygen atoms in total. The first-order chi connectivity index (χ1) is 6.86. The predicted molar refractivity (Wildman–Crippen MR) is 51.2 cm³/mol. The van der Waals surface area contributed by atoms with Gasteiger partial charge in [-0.2, -0.15) is 13.2 Å². The second-order valence-electron chi connectivity index (χ2n) is 2.46. The first-order valence-electron chi connectivity index (χ1n) is 3.61. The number of carbonyl (C=O) groups excluding carboxylic acids is 1. The van der Waals surface area contributed by atoms with E-state index in [1.54, 1.807) is 0 Å². The van der Waals surface area contributed by atoms with Crippen LogP contribution in [0.25, 0.3) is 0 Å². The molecule has 1 unspecified atom stereocenters. The third-order valence-electron chi connectivity index (χ3n) is 1.41. The van der Waals surface area contributed by atoms with Gasteiger partial charge in [-0.15, -0.1) is 11.3 Å². The number of methoxy groups -OCH3 is 1. The number of thiazole rings is 1. The van der Waals surface area contributed by atoms with Gasteiger partial charge in [0, 0.05) is 0 Å². The Kier molecular flexibility index (Phi) is 3.72. The van der Waals surface area contributed by atoms with Gasteiger partial charge in [0.1, 0.15) is 9.88 Å². The van der Waals surface area contributed by atoms with Gasteiger partial charge in [0.15, 0.2) is 4.83 Å². The molecule has 0 spiro atoms. The molecule has 0 aromatic carbocycles. The van der Waals surface area contributed by atoms with Crippen molar-refractivity contribution >= 4 is 33.2 Å². The molecule has 0 amide bonds. The summed E-state index contributed by atoms with van der Waals surface area (Å²) in [4.78, 5) is 12.6. The van der Waals surface area contributed by atoms with Crippen LogP contribution in [0.5, 0.6) is 0 Å². The fourth-order valence-electron chi connectivity index (χ4n) is 0.740. The van der Waals surface area contributed by atoms with E-state index < -0.39 is 17.0 Å². The highest BCUT2D eigenvalue weighted by molar-refractivity contribution is 9.09. The lowest BCUT2D eigenvalue weighted by Crippen LogP contribution is -2.14. The van der Waals surface area contributed by atoms with Crippen molar-refractivity contribution in [3.63, 3.8) is 0 Å². The van der Waals surface area contributed by atoms with Gasteiger partial charge < -0.3 is 4.74 Å². The van der Waals surface area contributed by atoms with E-state index in [9.17, 15) is 18.0 Å². The van der Waals surface area contributed by atoms with Gasteiger partial charge in [-0.1, -0.05) is 15.9 Å². The molecule has 1 atom stereocenters. The number of hydrogen-bond acceptors (Lipinski definition) is 4. The normalized spacial score (nSPS) is 13.7. The first-order valence-corrected chi connectivity index (χ1v) is 5.34. The van der Waals surface area contributed by atoms with Crippen LogP contribution in [-0.4, -0.2) is 24.2 Å². The van der Waals surface area contributed by atoms with Crippen molar-refractivity contribution in [2.45, 2.75) is 11.0 Å². The first kappa shape index (κ1) is 12.4. The summed E-state index contributed by atoms with van der Waals surface area (Å²) >= 11 is 3.11. The van der Waals surface area contributed by atoms with Gasteiger partial charge in [0.2, 0.25) is 0 Å². The van der Waals surface area contributed by atoms with Gasteiger partial charge in [0.25, 0.3) is 0 Å². The average Bonchev–Trinajstić information content (AvgIpc) is 2.62. The van der Waals surface area contributed by atoms with Crippen LogP contribution in [-0.2, 0) is 4.74 Å². The summed E-state index contributed by atoms with van der Waals surface area (Å²) in [5.74, 6) is -0.694. The number of nitrogens with zero attached hydrogens (tertiary/aromatic N) is 1. The molecule has 0 aliphatic rings. The summed E-state index contributed by atoms with van der Waals surface area (Å²) in [5.41, 5.74) is 0. The summed E-state index contributed by atoms with van der Waals surface area (Å²) in [6.07, 6.45) is -3.36. The van der Waals surface area contributed by atoms with Gasteiger partial charge in [-0.3, -0.25) is 0 Å². The standard InChI is InChI=1S/C7H5BrF3NO2S/c1-14-6(13)3-2-12-5(15-3)4(8)7(9,10)11/h2,4H,1H3. The molecule has 0 bridgehead atoms. The fraction of sp³-hybridized carbons (Fsp3) is 0.429. The van der Waals surface area contributed by atoms with Gasteiger partial charge in [0.05, 0.1) is 13.3 Å². The highest BCUT2D eigenvalue weighted by atomic mass is 79.9. The van der Waals surface area contributed by atoms with Gasteiger partial charge >= 0.3 is 12.1 Å². The number of esters is 1. The molecule has 0 saturated heterocycles. The molecular weight excluding hydrogens is 299 g/mol. The lowest BCUT2D eigenvalue weighted by Gasteiger charge is -2.10. The van der Waals surface area contributed by atoms with E-state index in [1.807, 2.05) is 0 Å². The van der Waals surface area contributed by atoms with Crippen LogP contribution >= 0.6 is 27.3 Å². The number of rotatable bonds is 2. The van der Waals surface area contributed by atoms with Crippen LogP contribution in [0, 0.1) is 0 Å². The second kappa shape index (κ2) is 4.48. The zero-order valence-electron chi connectivity index (χ0n) is 7.34. The Hall–Kier alpha value is -0.630. The molecule has 0 radical (unpaired) electrons. The Morgan fingerprint density at radius 1 is 1.67 bits per heavy atom. The van der Waals surface area contributed by atoms with Crippen molar-refractivity contribution in [1.82, 2.24) is 4.98 Å². The van der Waals surface area contributed by atoms with Crippen molar-refractivity contribution in [2.24, 2.45) is 0 Å². The number of ether oxygens (including phenoxy) is 1. The highest BCUT2D eigenvalue weighted by Gasteiger charge is 2.41. The number of carbonyl (C=O) groups is 1. The topological polar surface area (TPSA) is 39.2 Å². The molecule has 1 aromatic rings. The summed E-state index contributed by atoms with van der Waals surface area (Å²) in [6, 6.07) is 0. The quantitative estimate of drug-likeness (QED) is 0.623. The molecule has 1 heterocycles. The van der Waals surface area contributed by atoms with E-state index in [2.05, 4.69) is 25.7 Å². The number of aromatic nitrogens is 1. The molecule has 0 fully saturated rings. The monoisotopic (exact) mass is 303 g/mol. The zero-order chi connectivity index (χ0) is 11.6. The van der Waals surface area contributed by atoms with Crippen LogP contribution in [0.1, 0.15) is 19.5 Å². The van der Waals surface area contributed by atoms with E-state index in [0.29, 0.717) is 11.3 Å². The fourth-order valence-corrected chi connectivity index (χ4v) is 1.98. The molecule has 0 saturated carbocycles. The minimum Gasteiger partial charge on any atom is -0.465 e. The van der Waals surface area contributed by atoms with Gasteiger partial charge in [-0.25, -0.2) is 9.78 Å². The Bertz CT molecular complexity index is 365. The Balaban J connectivity index is 2.89. The predicted octanol–water partition coefficient (Wildman–Crippen LogP) is 2.93. The molecule has 0 aliphatic carbocycles. The molecular formula is C7H5BrF3NO2S. The van der Waals surface area contributed by atoms with E-state index >= 15 is 0 Å². The molecule has 1 rings (SSSR count). The summed E-state index contributed by atoms with van der Waals surface area (Å²) < 4.78 is 41.0. The summed E-state index contributed by atoms with van der Waals surface area (Å²) in [7, 11) is 1.15. The van der Waals surface area contributed by atoms with Crippen LogP contribution in [0.3, 0.4) is 0 Å². The third-order valence-corrected chi connectivity index (χ3v) is 3.71. The minimum absolute atomic E-state index is 0.0428. The number of halogens is 4. The summed E-state index contributed by atoms with van der Waals surface area (Å²) in [6.45, 7) is 0. The Labute approximate surface area is 95.4 Å². The van der Waals surface area contributed by atoms with Crippen molar-refractivity contribution in [3.8, 4) is 0 Å². The lowest BCUT2D eigenvalue weighted by molar-refractivity contribution is -0.128. The van der Waals surface area contributed by atoms with Crippen LogP contribution < -0.4 is 0 Å².